The van der Waals surface area contributed by atoms with E-state index in [0.29, 0.717) is 12.2 Å². The first-order valence-electron chi connectivity index (χ1n) is 5.80. The van der Waals surface area contributed by atoms with E-state index in [4.69, 9.17) is 10.00 Å². The third-order valence-corrected chi connectivity index (χ3v) is 2.73. The molecule has 18 heavy (non-hydrogen) atoms. The van der Waals surface area contributed by atoms with Crippen LogP contribution in [0.2, 0.25) is 0 Å². The Morgan fingerprint density at radius 1 is 1.56 bits per heavy atom. The second kappa shape index (κ2) is 5.52. The lowest BCUT2D eigenvalue weighted by Gasteiger charge is -2.20. The van der Waals surface area contributed by atoms with E-state index in [9.17, 15) is 4.79 Å². The van der Waals surface area contributed by atoms with Gasteiger partial charge in [-0.1, -0.05) is 6.07 Å². The van der Waals surface area contributed by atoms with Gasteiger partial charge in [0.05, 0.1) is 11.8 Å². The van der Waals surface area contributed by atoms with E-state index in [1.54, 1.807) is 0 Å². The molecule has 0 unspecified atom stereocenters. The second-order valence-corrected chi connectivity index (χ2v) is 4.31. The Labute approximate surface area is 106 Å². The summed E-state index contributed by atoms with van der Waals surface area (Å²) < 4.78 is 5.29. The third kappa shape index (κ3) is 2.99. The molecule has 0 aromatic heterocycles. The Kier molecular flexibility index (Phi) is 3.80. The lowest BCUT2D eigenvalue weighted by atomic mass is 10.1. The molecule has 1 aliphatic rings. The van der Waals surface area contributed by atoms with Gasteiger partial charge in [0.1, 0.15) is 5.75 Å². The van der Waals surface area contributed by atoms with Crippen LogP contribution in [0.15, 0.2) is 18.2 Å². The first-order valence-corrected chi connectivity index (χ1v) is 5.80. The minimum absolute atomic E-state index is 0.0778. The maximum Gasteiger partial charge on any atom is 0.262 e. The number of rotatable bonds is 4. The summed E-state index contributed by atoms with van der Waals surface area (Å²) in [6.45, 7) is 1.55. The fourth-order valence-corrected chi connectivity index (χ4v) is 1.86. The number of nitrogens with zero attached hydrogens (tertiary/aromatic N) is 2. The van der Waals surface area contributed by atoms with Gasteiger partial charge in [-0.3, -0.25) is 4.79 Å². The molecule has 5 heteroatoms. The number of amides is 1. The number of benzene rings is 1. The van der Waals surface area contributed by atoms with E-state index in [-0.39, 0.29) is 12.5 Å². The molecule has 0 aliphatic carbocycles. The number of fused-ring (bicyclic) bond motifs is 1. The van der Waals surface area contributed by atoms with Gasteiger partial charge in [0, 0.05) is 19.5 Å². The Morgan fingerprint density at radius 2 is 2.39 bits per heavy atom. The molecule has 0 fully saturated rings. The largest absolute Gasteiger partial charge is 0.482 e. The maximum atomic E-state index is 11.2. The fraction of sp³-hybridized carbons (Fsp3) is 0.385. The van der Waals surface area contributed by atoms with Crippen molar-refractivity contribution < 1.29 is 9.53 Å². The van der Waals surface area contributed by atoms with Crippen LogP contribution in [-0.4, -0.2) is 31.0 Å². The van der Waals surface area contributed by atoms with Crippen molar-refractivity contribution in [2.75, 3.05) is 25.5 Å². The van der Waals surface area contributed by atoms with Gasteiger partial charge in [-0.2, -0.15) is 5.26 Å². The first-order chi connectivity index (χ1) is 8.69. The molecule has 1 N–H and O–H groups in total. The van der Waals surface area contributed by atoms with Crippen molar-refractivity contribution >= 4 is 11.6 Å². The highest BCUT2D eigenvalue weighted by molar-refractivity contribution is 5.95. The highest BCUT2D eigenvalue weighted by Crippen LogP contribution is 2.28. The second-order valence-electron chi connectivity index (χ2n) is 4.31. The summed E-state index contributed by atoms with van der Waals surface area (Å²) in [7, 11) is 1.96. The molecular weight excluding hydrogens is 230 g/mol. The highest BCUT2D eigenvalue weighted by Gasteiger charge is 2.16. The molecule has 0 bridgehead atoms. The van der Waals surface area contributed by atoms with Gasteiger partial charge >= 0.3 is 0 Å². The lowest BCUT2D eigenvalue weighted by molar-refractivity contribution is -0.118. The Balaban J connectivity index is 2.04. The molecule has 0 radical (unpaired) electrons. The summed E-state index contributed by atoms with van der Waals surface area (Å²) in [6.07, 6.45) is 0.515. The molecule has 1 aromatic rings. The Bertz CT molecular complexity index is 493. The van der Waals surface area contributed by atoms with Gasteiger partial charge in [-0.05, 0) is 24.7 Å². The van der Waals surface area contributed by atoms with E-state index in [1.165, 1.54) is 0 Å². The summed E-state index contributed by atoms with van der Waals surface area (Å²) in [5.74, 6) is 0.579. The number of hydrogen-bond donors (Lipinski definition) is 1. The summed E-state index contributed by atoms with van der Waals surface area (Å²) in [5, 5.41) is 11.3. The lowest BCUT2D eigenvalue weighted by Crippen LogP contribution is -2.25. The van der Waals surface area contributed by atoms with Crippen molar-refractivity contribution in [3.63, 3.8) is 0 Å². The fourth-order valence-electron chi connectivity index (χ4n) is 1.86. The molecule has 0 spiro atoms. The van der Waals surface area contributed by atoms with Crippen molar-refractivity contribution in [2.45, 2.75) is 13.0 Å². The molecule has 0 saturated carbocycles. The topological polar surface area (TPSA) is 65.4 Å². The molecule has 1 aliphatic heterocycles. The Morgan fingerprint density at radius 3 is 3.17 bits per heavy atom. The molecule has 1 aromatic carbocycles. The standard InChI is InChI=1S/C13H15N3O2/c1-16(6-2-5-14)8-10-3-4-12-11(7-10)15-13(17)9-18-12/h3-4,7H,2,6,8-9H2,1H3,(H,15,17). The van der Waals surface area contributed by atoms with E-state index in [2.05, 4.69) is 16.3 Å². The van der Waals surface area contributed by atoms with E-state index in [1.807, 2.05) is 25.2 Å². The predicted molar refractivity (Wildman–Crippen MR) is 67.1 cm³/mol. The molecule has 5 nitrogen and oxygen atoms in total. The Hall–Kier alpha value is -2.06. The van der Waals surface area contributed by atoms with E-state index in [0.717, 1.165) is 24.3 Å². The number of ether oxygens (including phenoxy) is 1. The summed E-state index contributed by atoms with van der Waals surface area (Å²) in [5.41, 5.74) is 1.80. The SMILES string of the molecule is CN(CCC#N)Cc1ccc2c(c1)NC(=O)CO2. The minimum Gasteiger partial charge on any atom is -0.482 e. The molecule has 2 rings (SSSR count). The first kappa shape index (κ1) is 12.4. The maximum absolute atomic E-state index is 11.2. The number of anilines is 1. The van der Waals surface area contributed by atoms with Gasteiger partial charge < -0.3 is 15.0 Å². The van der Waals surface area contributed by atoms with Gasteiger partial charge in [-0.15, -0.1) is 0 Å². The van der Waals surface area contributed by atoms with Gasteiger partial charge in [-0.25, -0.2) is 0 Å². The molecule has 0 atom stereocenters. The molecule has 0 saturated heterocycles. The summed E-state index contributed by atoms with van der Waals surface area (Å²) >= 11 is 0. The molecule has 1 amide bonds. The van der Waals surface area contributed by atoms with Crippen LogP contribution in [0, 0.1) is 11.3 Å². The van der Waals surface area contributed by atoms with E-state index < -0.39 is 0 Å². The van der Waals surface area contributed by atoms with Crippen molar-refractivity contribution in [3.8, 4) is 11.8 Å². The van der Waals surface area contributed by atoms with Crippen LogP contribution < -0.4 is 10.1 Å². The van der Waals surface area contributed by atoms with Crippen molar-refractivity contribution in [2.24, 2.45) is 0 Å². The van der Waals surface area contributed by atoms with Crippen LogP contribution in [0.5, 0.6) is 5.75 Å². The van der Waals surface area contributed by atoms with Crippen LogP contribution in [0.3, 0.4) is 0 Å². The number of nitriles is 1. The van der Waals surface area contributed by atoms with Crippen molar-refractivity contribution in [1.29, 1.82) is 5.26 Å². The number of nitrogens with one attached hydrogen (secondary N) is 1. The van der Waals surface area contributed by atoms with Crippen LogP contribution in [0.25, 0.3) is 0 Å². The normalized spacial score (nSPS) is 13.5. The zero-order valence-electron chi connectivity index (χ0n) is 10.3. The van der Waals surface area contributed by atoms with Crippen LogP contribution in [0.1, 0.15) is 12.0 Å². The molecule has 94 valence electrons. The van der Waals surface area contributed by atoms with Crippen molar-refractivity contribution in [1.82, 2.24) is 4.90 Å². The third-order valence-electron chi connectivity index (χ3n) is 2.73. The van der Waals surface area contributed by atoms with Gasteiger partial charge in [0.15, 0.2) is 6.61 Å². The number of carbonyl (C=O) groups excluding carboxylic acids is 1. The number of hydrogen-bond acceptors (Lipinski definition) is 4. The quantitative estimate of drug-likeness (QED) is 0.870. The average molecular weight is 245 g/mol. The summed E-state index contributed by atoms with van der Waals surface area (Å²) in [6, 6.07) is 7.87. The van der Waals surface area contributed by atoms with E-state index >= 15 is 0 Å². The zero-order chi connectivity index (χ0) is 13.0. The predicted octanol–water partition coefficient (Wildman–Crippen LogP) is 1.36. The van der Waals surface area contributed by atoms with Crippen LogP contribution in [-0.2, 0) is 11.3 Å². The smallest absolute Gasteiger partial charge is 0.262 e. The van der Waals surface area contributed by atoms with Gasteiger partial charge in [0.2, 0.25) is 0 Å². The molecular formula is C13H15N3O2. The summed E-state index contributed by atoms with van der Waals surface area (Å²) in [4.78, 5) is 13.3. The number of carbonyl (C=O) groups is 1. The average Bonchev–Trinajstić information content (AvgIpc) is 2.36. The van der Waals surface area contributed by atoms with Gasteiger partial charge in [0.25, 0.3) is 5.91 Å². The monoisotopic (exact) mass is 245 g/mol. The molecule has 1 heterocycles. The zero-order valence-corrected chi connectivity index (χ0v) is 10.3. The highest BCUT2D eigenvalue weighted by atomic mass is 16.5. The van der Waals surface area contributed by atoms with Crippen molar-refractivity contribution in [3.05, 3.63) is 23.8 Å². The van der Waals surface area contributed by atoms with Crippen LogP contribution in [0.4, 0.5) is 5.69 Å². The minimum atomic E-state index is -0.127. The van der Waals surface area contributed by atoms with Crippen LogP contribution >= 0.6 is 0 Å².